The van der Waals surface area contributed by atoms with Gasteiger partial charge in [-0.3, -0.25) is 4.79 Å². The van der Waals surface area contributed by atoms with Crippen LogP contribution in [-0.4, -0.2) is 26.4 Å². The van der Waals surface area contributed by atoms with Crippen LogP contribution in [0.1, 0.15) is 12.5 Å². The third-order valence-electron chi connectivity index (χ3n) is 3.65. The van der Waals surface area contributed by atoms with E-state index in [4.69, 9.17) is 11.6 Å². The summed E-state index contributed by atoms with van der Waals surface area (Å²) in [5, 5.41) is 14.8. The van der Waals surface area contributed by atoms with Gasteiger partial charge in [0.2, 0.25) is 5.91 Å². The molecule has 0 aliphatic rings. The Bertz CT molecular complexity index is 877. The Hall–Kier alpha value is -1.83. The molecule has 0 bridgehead atoms. The van der Waals surface area contributed by atoms with Crippen LogP contribution in [0.25, 0.3) is 10.7 Å². The van der Waals surface area contributed by atoms with Crippen molar-refractivity contribution in [2.24, 2.45) is 0 Å². The van der Waals surface area contributed by atoms with Crippen LogP contribution in [0.15, 0.2) is 40.9 Å². The van der Waals surface area contributed by atoms with Crippen molar-refractivity contribution in [3.05, 3.63) is 46.3 Å². The number of benzene rings is 1. The van der Waals surface area contributed by atoms with E-state index in [0.717, 1.165) is 33.7 Å². The third-order valence-corrected chi connectivity index (χ3v) is 5.89. The number of hydrogen-bond donors (Lipinski definition) is 1. The molecule has 0 saturated carbocycles. The van der Waals surface area contributed by atoms with E-state index in [1.165, 1.54) is 11.8 Å². The number of amides is 1. The van der Waals surface area contributed by atoms with Crippen LogP contribution >= 0.6 is 34.7 Å². The number of anilines is 1. The quantitative estimate of drug-likeness (QED) is 0.616. The van der Waals surface area contributed by atoms with Crippen LogP contribution in [-0.2, 0) is 11.3 Å². The topological polar surface area (TPSA) is 59.8 Å². The lowest BCUT2D eigenvalue weighted by Crippen LogP contribution is -2.15. The zero-order chi connectivity index (χ0) is 17.8. The number of halogens is 1. The van der Waals surface area contributed by atoms with E-state index in [9.17, 15) is 4.79 Å². The second-order valence-electron chi connectivity index (χ2n) is 5.28. The van der Waals surface area contributed by atoms with Crippen LogP contribution in [0.3, 0.4) is 0 Å². The maximum Gasteiger partial charge on any atom is 0.234 e. The third kappa shape index (κ3) is 4.05. The number of carbonyl (C=O) groups excluding carboxylic acids is 1. The van der Waals surface area contributed by atoms with Crippen LogP contribution < -0.4 is 5.32 Å². The molecule has 5 nitrogen and oxygen atoms in total. The molecule has 2 aromatic heterocycles. The molecule has 0 aliphatic heterocycles. The minimum Gasteiger partial charge on any atom is -0.325 e. The summed E-state index contributed by atoms with van der Waals surface area (Å²) in [7, 11) is 0. The Morgan fingerprint density at radius 2 is 2.16 bits per heavy atom. The van der Waals surface area contributed by atoms with Gasteiger partial charge in [0.15, 0.2) is 11.0 Å². The molecule has 1 amide bonds. The number of thioether (sulfide) groups is 1. The summed E-state index contributed by atoms with van der Waals surface area (Å²) < 4.78 is 2.02. The van der Waals surface area contributed by atoms with Gasteiger partial charge < -0.3 is 9.88 Å². The summed E-state index contributed by atoms with van der Waals surface area (Å²) >= 11 is 9.08. The summed E-state index contributed by atoms with van der Waals surface area (Å²) in [6.45, 7) is 4.67. The molecule has 1 aromatic carbocycles. The van der Waals surface area contributed by atoms with Gasteiger partial charge in [-0.05, 0) is 43.0 Å². The van der Waals surface area contributed by atoms with Crippen molar-refractivity contribution in [1.29, 1.82) is 0 Å². The van der Waals surface area contributed by atoms with Crippen molar-refractivity contribution < 1.29 is 4.79 Å². The number of nitrogens with one attached hydrogen (secondary N) is 1. The minimum atomic E-state index is -0.0984. The molecule has 0 atom stereocenters. The fraction of sp³-hybridized carbons (Fsp3) is 0.235. The summed E-state index contributed by atoms with van der Waals surface area (Å²) in [5.74, 6) is 0.999. The second-order valence-corrected chi connectivity index (χ2v) is 7.57. The number of aromatic nitrogens is 3. The van der Waals surface area contributed by atoms with Gasteiger partial charge >= 0.3 is 0 Å². The van der Waals surface area contributed by atoms with E-state index in [-0.39, 0.29) is 11.7 Å². The average molecular weight is 393 g/mol. The van der Waals surface area contributed by atoms with E-state index >= 15 is 0 Å². The lowest BCUT2D eigenvalue weighted by Gasteiger charge is -2.09. The summed E-state index contributed by atoms with van der Waals surface area (Å²) in [4.78, 5) is 13.3. The first-order valence-electron chi connectivity index (χ1n) is 7.75. The van der Waals surface area contributed by atoms with Gasteiger partial charge in [0.1, 0.15) is 0 Å². The monoisotopic (exact) mass is 392 g/mol. The highest BCUT2D eigenvalue weighted by atomic mass is 35.5. The SMILES string of the molecule is CCn1c(SCC(=O)Nc2cccc(Cl)c2C)nnc1-c1cccs1. The zero-order valence-electron chi connectivity index (χ0n) is 13.8. The van der Waals surface area contributed by atoms with Gasteiger partial charge in [-0.15, -0.1) is 21.5 Å². The molecule has 0 radical (unpaired) electrons. The minimum absolute atomic E-state index is 0.0984. The fourth-order valence-electron chi connectivity index (χ4n) is 2.33. The molecule has 0 aliphatic carbocycles. The Kier molecular flexibility index (Phi) is 5.78. The van der Waals surface area contributed by atoms with E-state index in [2.05, 4.69) is 15.5 Å². The highest BCUT2D eigenvalue weighted by Crippen LogP contribution is 2.27. The maximum absolute atomic E-state index is 12.3. The van der Waals surface area contributed by atoms with Gasteiger partial charge in [0.05, 0.1) is 10.6 Å². The number of nitrogens with zero attached hydrogens (tertiary/aromatic N) is 3. The fourth-order valence-corrected chi connectivity index (χ4v) is 4.02. The van der Waals surface area contributed by atoms with Gasteiger partial charge in [-0.1, -0.05) is 35.5 Å². The molecule has 2 heterocycles. The average Bonchev–Trinajstić information content (AvgIpc) is 3.25. The van der Waals surface area contributed by atoms with Gasteiger partial charge in [0, 0.05) is 17.3 Å². The molecule has 8 heteroatoms. The smallest absolute Gasteiger partial charge is 0.234 e. The van der Waals surface area contributed by atoms with Crippen molar-refractivity contribution in [3.8, 4) is 10.7 Å². The lowest BCUT2D eigenvalue weighted by atomic mass is 10.2. The van der Waals surface area contributed by atoms with Crippen LogP contribution in [0, 0.1) is 6.92 Å². The summed E-state index contributed by atoms with van der Waals surface area (Å²) in [5.41, 5.74) is 1.59. The Morgan fingerprint density at radius 3 is 2.88 bits per heavy atom. The maximum atomic E-state index is 12.3. The van der Waals surface area contributed by atoms with E-state index < -0.39 is 0 Å². The first kappa shape index (κ1) is 18.0. The number of thiophene rings is 1. The van der Waals surface area contributed by atoms with E-state index in [1.54, 1.807) is 17.4 Å². The summed E-state index contributed by atoms with van der Waals surface area (Å²) in [6, 6.07) is 9.47. The van der Waals surface area contributed by atoms with Crippen LogP contribution in [0.2, 0.25) is 5.02 Å². The first-order valence-corrected chi connectivity index (χ1v) is 9.99. The van der Waals surface area contributed by atoms with Crippen molar-refractivity contribution in [1.82, 2.24) is 14.8 Å². The predicted octanol–water partition coefficient (Wildman–Crippen LogP) is 4.72. The van der Waals surface area contributed by atoms with Crippen molar-refractivity contribution in [2.45, 2.75) is 25.5 Å². The Labute approximate surface area is 159 Å². The van der Waals surface area contributed by atoms with Crippen molar-refractivity contribution >= 4 is 46.3 Å². The highest BCUT2D eigenvalue weighted by molar-refractivity contribution is 7.99. The van der Waals surface area contributed by atoms with Crippen molar-refractivity contribution in [3.63, 3.8) is 0 Å². The molecular weight excluding hydrogens is 376 g/mol. The van der Waals surface area contributed by atoms with Crippen LogP contribution in [0.4, 0.5) is 5.69 Å². The second kappa shape index (κ2) is 8.03. The molecule has 25 heavy (non-hydrogen) atoms. The van der Waals surface area contributed by atoms with Gasteiger partial charge in [0.25, 0.3) is 0 Å². The van der Waals surface area contributed by atoms with Gasteiger partial charge in [-0.2, -0.15) is 0 Å². The van der Waals surface area contributed by atoms with Gasteiger partial charge in [-0.25, -0.2) is 0 Å². The molecule has 3 aromatic rings. The molecule has 0 fully saturated rings. The first-order chi connectivity index (χ1) is 12.1. The molecule has 0 spiro atoms. The summed E-state index contributed by atoms with van der Waals surface area (Å²) in [6.07, 6.45) is 0. The zero-order valence-corrected chi connectivity index (χ0v) is 16.2. The number of rotatable bonds is 6. The van der Waals surface area contributed by atoms with E-state index in [0.29, 0.717) is 5.02 Å². The standard InChI is InChI=1S/C17H17ClN4OS2/c1-3-22-16(14-8-5-9-24-14)20-21-17(22)25-10-15(23)19-13-7-4-6-12(18)11(13)2/h4-9H,3,10H2,1-2H3,(H,19,23). The largest absolute Gasteiger partial charge is 0.325 e. The molecule has 130 valence electrons. The number of hydrogen-bond acceptors (Lipinski definition) is 5. The molecule has 1 N–H and O–H groups in total. The van der Waals surface area contributed by atoms with Crippen molar-refractivity contribution in [2.75, 3.05) is 11.1 Å². The molecule has 0 unspecified atom stereocenters. The van der Waals surface area contributed by atoms with E-state index in [1.807, 2.05) is 48.1 Å². The Balaban J connectivity index is 1.67. The lowest BCUT2D eigenvalue weighted by molar-refractivity contribution is -0.113. The molecule has 3 rings (SSSR count). The van der Waals surface area contributed by atoms with Crippen LogP contribution in [0.5, 0.6) is 0 Å². The molecular formula is C17H17ClN4OS2. The predicted molar refractivity (Wildman–Crippen MR) is 105 cm³/mol. The Morgan fingerprint density at radius 1 is 1.32 bits per heavy atom. The highest BCUT2D eigenvalue weighted by Gasteiger charge is 2.15. The normalized spacial score (nSPS) is 10.8. The molecule has 0 saturated heterocycles. The number of carbonyl (C=O) groups is 1.